The van der Waals surface area contributed by atoms with Crippen LogP contribution in [0.3, 0.4) is 0 Å². The first-order valence-corrected chi connectivity index (χ1v) is 4.82. The van der Waals surface area contributed by atoms with Crippen molar-refractivity contribution in [1.82, 2.24) is 0 Å². The Hall–Kier alpha value is -1.50. The van der Waals surface area contributed by atoms with Gasteiger partial charge in [-0.3, -0.25) is 9.59 Å². The van der Waals surface area contributed by atoms with E-state index in [0.717, 1.165) is 0 Å². The van der Waals surface area contributed by atoms with Crippen molar-refractivity contribution in [1.29, 1.82) is 0 Å². The van der Waals surface area contributed by atoms with Crippen LogP contribution < -0.4 is 0 Å². The minimum atomic E-state index is -0.488. The number of methoxy groups -OCH3 is 1. The molecule has 0 aliphatic rings. The highest BCUT2D eigenvalue weighted by molar-refractivity contribution is 5.70. The molecule has 0 N–H and O–H groups in total. The predicted molar refractivity (Wildman–Crippen MR) is 54.9 cm³/mol. The number of unbranched alkanes of at least 4 members (excludes halogenated alkanes) is 1. The number of carbonyl (C=O) groups is 2. The van der Waals surface area contributed by atoms with E-state index < -0.39 is 6.10 Å². The number of hydrogen-bond donors (Lipinski definition) is 0. The van der Waals surface area contributed by atoms with Gasteiger partial charge in [-0.25, -0.2) is 0 Å². The summed E-state index contributed by atoms with van der Waals surface area (Å²) in [6, 6.07) is 0. The van der Waals surface area contributed by atoms with Crippen molar-refractivity contribution in [2.45, 2.75) is 38.7 Å². The summed E-state index contributed by atoms with van der Waals surface area (Å²) in [5, 5.41) is 0. The molecule has 0 saturated carbocycles. The van der Waals surface area contributed by atoms with Crippen LogP contribution in [-0.4, -0.2) is 25.2 Å². The first-order valence-electron chi connectivity index (χ1n) is 4.82. The van der Waals surface area contributed by atoms with E-state index in [1.165, 1.54) is 7.11 Å². The summed E-state index contributed by atoms with van der Waals surface area (Å²) in [7, 11) is 1.34. The Labute approximate surface area is 89.9 Å². The molecule has 0 aromatic rings. The third kappa shape index (κ3) is 7.56. The molecule has 1 unspecified atom stereocenters. The SMILES string of the molecule is C#CC(C)OC(=O)CCCCC(=O)OC. The molecule has 0 aliphatic carbocycles. The van der Waals surface area contributed by atoms with Crippen LogP contribution in [0, 0.1) is 12.3 Å². The van der Waals surface area contributed by atoms with Crippen molar-refractivity contribution in [2.24, 2.45) is 0 Å². The van der Waals surface area contributed by atoms with Crippen molar-refractivity contribution >= 4 is 11.9 Å². The molecule has 15 heavy (non-hydrogen) atoms. The van der Waals surface area contributed by atoms with Gasteiger partial charge in [0, 0.05) is 12.8 Å². The van der Waals surface area contributed by atoms with Gasteiger partial charge >= 0.3 is 11.9 Å². The van der Waals surface area contributed by atoms with E-state index in [4.69, 9.17) is 11.2 Å². The third-order valence-electron chi connectivity index (χ3n) is 1.78. The predicted octanol–water partition coefficient (Wildman–Crippen LogP) is 1.28. The maximum absolute atomic E-state index is 11.1. The molecule has 0 rings (SSSR count). The summed E-state index contributed by atoms with van der Waals surface area (Å²) in [5.74, 6) is 1.70. The average Bonchev–Trinajstić information content (AvgIpc) is 2.23. The number of rotatable bonds is 6. The number of terminal acetylenes is 1. The van der Waals surface area contributed by atoms with Crippen LogP contribution in [-0.2, 0) is 19.1 Å². The van der Waals surface area contributed by atoms with E-state index in [0.29, 0.717) is 19.3 Å². The van der Waals surface area contributed by atoms with Crippen LogP contribution in [0.2, 0.25) is 0 Å². The van der Waals surface area contributed by atoms with Gasteiger partial charge in [0.25, 0.3) is 0 Å². The van der Waals surface area contributed by atoms with Gasteiger partial charge < -0.3 is 9.47 Å². The van der Waals surface area contributed by atoms with Crippen LogP contribution in [0.15, 0.2) is 0 Å². The zero-order chi connectivity index (χ0) is 11.7. The molecule has 0 saturated heterocycles. The first kappa shape index (κ1) is 13.5. The molecule has 0 spiro atoms. The molecular weight excluding hydrogens is 196 g/mol. The van der Waals surface area contributed by atoms with Crippen LogP contribution in [0.1, 0.15) is 32.6 Å². The van der Waals surface area contributed by atoms with Crippen molar-refractivity contribution in [3.63, 3.8) is 0 Å². The monoisotopic (exact) mass is 212 g/mol. The summed E-state index contributed by atoms with van der Waals surface area (Å²) in [5.41, 5.74) is 0. The van der Waals surface area contributed by atoms with Gasteiger partial charge in [-0.2, -0.15) is 0 Å². The topological polar surface area (TPSA) is 52.6 Å². The zero-order valence-corrected chi connectivity index (χ0v) is 9.12. The second-order valence-electron chi connectivity index (χ2n) is 3.08. The molecule has 4 heteroatoms. The van der Waals surface area contributed by atoms with Gasteiger partial charge in [0.2, 0.25) is 0 Å². The van der Waals surface area contributed by atoms with Crippen LogP contribution >= 0.6 is 0 Å². The molecule has 0 bridgehead atoms. The summed E-state index contributed by atoms with van der Waals surface area (Å²) < 4.78 is 9.30. The lowest BCUT2D eigenvalue weighted by atomic mass is 10.2. The van der Waals surface area contributed by atoms with E-state index in [2.05, 4.69) is 10.7 Å². The lowest BCUT2D eigenvalue weighted by Crippen LogP contribution is -2.12. The first-order chi connectivity index (χ1) is 7.10. The Bertz CT molecular complexity index is 252. The highest BCUT2D eigenvalue weighted by atomic mass is 16.5. The molecule has 0 aliphatic heterocycles. The summed E-state index contributed by atoms with van der Waals surface area (Å²) >= 11 is 0. The van der Waals surface area contributed by atoms with Gasteiger partial charge in [0.05, 0.1) is 7.11 Å². The standard InChI is InChI=1S/C11H16O4/c1-4-9(2)15-11(13)8-6-5-7-10(12)14-3/h1,9H,5-8H2,2-3H3. The lowest BCUT2D eigenvalue weighted by molar-refractivity contribution is -0.146. The summed E-state index contributed by atoms with van der Waals surface area (Å²) in [6.07, 6.45) is 6.38. The van der Waals surface area contributed by atoms with Gasteiger partial charge in [-0.15, -0.1) is 6.42 Å². The fourth-order valence-electron chi connectivity index (χ4n) is 0.931. The molecule has 0 fully saturated rings. The van der Waals surface area contributed by atoms with E-state index in [1.807, 2.05) is 0 Å². The second kappa shape index (κ2) is 7.86. The van der Waals surface area contributed by atoms with E-state index in [-0.39, 0.29) is 18.4 Å². The molecule has 0 aromatic heterocycles. The quantitative estimate of drug-likeness (QED) is 0.378. The maximum atomic E-state index is 11.1. The fraction of sp³-hybridized carbons (Fsp3) is 0.636. The number of carbonyl (C=O) groups excluding carboxylic acids is 2. The maximum Gasteiger partial charge on any atom is 0.307 e. The largest absolute Gasteiger partial charge is 0.469 e. The number of ether oxygens (including phenoxy) is 2. The van der Waals surface area contributed by atoms with Crippen molar-refractivity contribution < 1.29 is 19.1 Å². The summed E-state index contributed by atoms with van der Waals surface area (Å²) in [4.78, 5) is 21.8. The molecule has 0 heterocycles. The Morgan fingerprint density at radius 1 is 1.27 bits per heavy atom. The average molecular weight is 212 g/mol. The van der Waals surface area contributed by atoms with Gasteiger partial charge in [-0.1, -0.05) is 5.92 Å². The fourth-order valence-corrected chi connectivity index (χ4v) is 0.931. The Morgan fingerprint density at radius 2 is 1.80 bits per heavy atom. The number of esters is 2. The van der Waals surface area contributed by atoms with Crippen molar-refractivity contribution in [3.05, 3.63) is 0 Å². The van der Waals surface area contributed by atoms with Crippen molar-refractivity contribution in [2.75, 3.05) is 7.11 Å². The Morgan fingerprint density at radius 3 is 2.27 bits per heavy atom. The second-order valence-corrected chi connectivity index (χ2v) is 3.08. The minimum absolute atomic E-state index is 0.264. The molecular formula is C11H16O4. The highest BCUT2D eigenvalue weighted by Crippen LogP contribution is 2.03. The molecule has 1 atom stereocenters. The van der Waals surface area contributed by atoms with Gasteiger partial charge in [0.15, 0.2) is 6.10 Å². The summed E-state index contributed by atoms with van der Waals surface area (Å²) in [6.45, 7) is 1.63. The normalized spacial score (nSPS) is 11.3. The lowest BCUT2D eigenvalue weighted by Gasteiger charge is -2.06. The zero-order valence-electron chi connectivity index (χ0n) is 9.12. The molecule has 0 radical (unpaired) electrons. The smallest absolute Gasteiger partial charge is 0.307 e. The third-order valence-corrected chi connectivity index (χ3v) is 1.78. The highest BCUT2D eigenvalue weighted by Gasteiger charge is 2.07. The van der Waals surface area contributed by atoms with Crippen LogP contribution in [0.5, 0.6) is 0 Å². The Balaban J connectivity index is 3.48. The Kier molecular flexibility index (Phi) is 7.08. The molecule has 0 amide bonds. The molecule has 84 valence electrons. The van der Waals surface area contributed by atoms with E-state index >= 15 is 0 Å². The number of hydrogen-bond acceptors (Lipinski definition) is 4. The van der Waals surface area contributed by atoms with Crippen LogP contribution in [0.25, 0.3) is 0 Å². The minimum Gasteiger partial charge on any atom is -0.469 e. The van der Waals surface area contributed by atoms with Crippen molar-refractivity contribution in [3.8, 4) is 12.3 Å². The van der Waals surface area contributed by atoms with E-state index in [1.54, 1.807) is 6.92 Å². The molecule has 4 nitrogen and oxygen atoms in total. The van der Waals surface area contributed by atoms with E-state index in [9.17, 15) is 9.59 Å². The van der Waals surface area contributed by atoms with Gasteiger partial charge in [-0.05, 0) is 19.8 Å². The van der Waals surface area contributed by atoms with Crippen LogP contribution in [0.4, 0.5) is 0 Å². The molecule has 0 aromatic carbocycles. The van der Waals surface area contributed by atoms with Gasteiger partial charge in [0.1, 0.15) is 0 Å².